The van der Waals surface area contributed by atoms with Gasteiger partial charge in [-0.05, 0) is 43.9 Å². The van der Waals surface area contributed by atoms with Gasteiger partial charge in [-0.2, -0.15) is 0 Å². The van der Waals surface area contributed by atoms with E-state index in [1.807, 2.05) is 24.0 Å². The summed E-state index contributed by atoms with van der Waals surface area (Å²) in [5, 5.41) is 3.18. The molecule has 1 aromatic rings. The number of aromatic nitrogens is 1. The standard InChI is InChI=1S/C16H25N3O/c1-2-19(13-10-14-8-11-17-12-9-14)16(20)18-15-6-4-3-5-7-15/h8-9,11-12,15H,2-7,10,13H2,1H3,(H,18,20). The first-order valence-corrected chi connectivity index (χ1v) is 7.74. The molecular formula is C16H25N3O. The van der Waals surface area contributed by atoms with Gasteiger partial charge in [0.15, 0.2) is 0 Å². The van der Waals surface area contributed by atoms with Crippen molar-refractivity contribution in [3.63, 3.8) is 0 Å². The minimum atomic E-state index is 0.0912. The third kappa shape index (κ3) is 4.51. The lowest BCUT2D eigenvalue weighted by Crippen LogP contribution is -2.46. The Morgan fingerprint density at radius 2 is 2.00 bits per heavy atom. The second kappa shape index (κ2) is 7.88. The number of carbonyl (C=O) groups excluding carboxylic acids is 1. The molecule has 0 atom stereocenters. The summed E-state index contributed by atoms with van der Waals surface area (Å²) in [6.07, 6.45) is 10.5. The molecule has 0 aromatic carbocycles. The number of amides is 2. The molecule has 0 unspecified atom stereocenters. The number of urea groups is 1. The number of carbonyl (C=O) groups is 1. The van der Waals surface area contributed by atoms with Crippen LogP contribution in [0.4, 0.5) is 4.79 Å². The maximum absolute atomic E-state index is 12.3. The molecule has 4 heteroatoms. The van der Waals surface area contributed by atoms with E-state index in [1.54, 1.807) is 12.4 Å². The molecule has 1 saturated carbocycles. The zero-order valence-corrected chi connectivity index (χ0v) is 12.3. The van der Waals surface area contributed by atoms with Crippen LogP contribution in [0.15, 0.2) is 24.5 Å². The second-order valence-electron chi connectivity index (χ2n) is 5.47. The highest BCUT2D eigenvalue weighted by Gasteiger charge is 2.18. The third-order valence-corrected chi connectivity index (χ3v) is 4.02. The summed E-state index contributed by atoms with van der Waals surface area (Å²) in [6, 6.07) is 4.49. The van der Waals surface area contributed by atoms with Crippen LogP contribution >= 0.6 is 0 Å². The summed E-state index contributed by atoms with van der Waals surface area (Å²) in [7, 11) is 0. The average Bonchev–Trinajstić information content (AvgIpc) is 2.50. The van der Waals surface area contributed by atoms with Crippen molar-refractivity contribution in [2.75, 3.05) is 13.1 Å². The fourth-order valence-corrected chi connectivity index (χ4v) is 2.73. The van der Waals surface area contributed by atoms with Crippen LogP contribution in [0.1, 0.15) is 44.6 Å². The molecular weight excluding hydrogens is 250 g/mol. The van der Waals surface area contributed by atoms with Crippen molar-refractivity contribution in [2.24, 2.45) is 0 Å². The van der Waals surface area contributed by atoms with Crippen molar-refractivity contribution >= 4 is 6.03 Å². The van der Waals surface area contributed by atoms with Crippen LogP contribution in [0, 0.1) is 0 Å². The Morgan fingerprint density at radius 3 is 2.65 bits per heavy atom. The first-order valence-electron chi connectivity index (χ1n) is 7.74. The van der Waals surface area contributed by atoms with Gasteiger partial charge in [0.1, 0.15) is 0 Å². The normalized spacial score (nSPS) is 15.8. The van der Waals surface area contributed by atoms with Gasteiger partial charge in [0, 0.05) is 31.5 Å². The average molecular weight is 275 g/mol. The highest BCUT2D eigenvalue weighted by Crippen LogP contribution is 2.17. The first kappa shape index (κ1) is 14.8. The van der Waals surface area contributed by atoms with E-state index < -0.39 is 0 Å². The van der Waals surface area contributed by atoms with Gasteiger partial charge in [-0.25, -0.2) is 4.79 Å². The maximum Gasteiger partial charge on any atom is 0.317 e. The quantitative estimate of drug-likeness (QED) is 0.898. The highest BCUT2D eigenvalue weighted by molar-refractivity contribution is 5.74. The lowest BCUT2D eigenvalue weighted by molar-refractivity contribution is 0.193. The van der Waals surface area contributed by atoms with E-state index in [9.17, 15) is 4.79 Å². The summed E-state index contributed by atoms with van der Waals surface area (Å²) in [5.74, 6) is 0. The fourth-order valence-electron chi connectivity index (χ4n) is 2.73. The molecule has 1 aromatic heterocycles. The van der Waals surface area contributed by atoms with Crippen molar-refractivity contribution in [2.45, 2.75) is 51.5 Å². The predicted octanol–water partition coefficient (Wildman–Crippen LogP) is 2.99. The number of rotatable bonds is 5. The van der Waals surface area contributed by atoms with Crippen molar-refractivity contribution in [1.29, 1.82) is 0 Å². The van der Waals surface area contributed by atoms with E-state index in [1.165, 1.54) is 24.8 Å². The molecule has 0 spiro atoms. The summed E-state index contributed by atoms with van der Waals surface area (Å²) in [5.41, 5.74) is 1.23. The van der Waals surface area contributed by atoms with Crippen molar-refractivity contribution in [1.82, 2.24) is 15.2 Å². The van der Waals surface area contributed by atoms with Gasteiger partial charge >= 0.3 is 6.03 Å². The number of pyridine rings is 1. The van der Waals surface area contributed by atoms with E-state index in [-0.39, 0.29) is 6.03 Å². The van der Waals surface area contributed by atoms with Crippen LogP contribution in [0.3, 0.4) is 0 Å². The SMILES string of the molecule is CCN(CCc1ccncc1)C(=O)NC1CCCCC1. The minimum absolute atomic E-state index is 0.0912. The van der Waals surface area contributed by atoms with Crippen LogP contribution in [0.25, 0.3) is 0 Å². The van der Waals surface area contributed by atoms with Crippen LogP contribution in [0.2, 0.25) is 0 Å². The molecule has 0 aliphatic heterocycles. The number of hydrogen-bond donors (Lipinski definition) is 1. The maximum atomic E-state index is 12.3. The van der Waals surface area contributed by atoms with Gasteiger partial charge in [-0.1, -0.05) is 19.3 Å². The van der Waals surface area contributed by atoms with Crippen molar-refractivity contribution in [3.05, 3.63) is 30.1 Å². The molecule has 0 radical (unpaired) electrons. The topological polar surface area (TPSA) is 45.2 Å². The smallest absolute Gasteiger partial charge is 0.317 e. The Balaban J connectivity index is 1.79. The molecule has 1 heterocycles. The Hall–Kier alpha value is -1.58. The van der Waals surface area contributed by atoms with Crippen LogP contribution in [-0.2, 0) is 6.42 Å². The zero-order chi connectivity index (χ0) is 14.2. The lowest BCUT2D eigenvalue weighted by atomic mass is 9.96. The van der Waals surface area contributed by atoms with Gasteiger partial charge in [0.05, 0.1) is 0 Å². The Labute approximate surface area is 121 Å². The molecule has 20 heavy (non-hydrogen) atoms. The first-order chi connectivity index (χ1) is 9.79. The monoisotopic (exact) mass is 275 g/mol. The van der Waals surface area contributed by atoms with Crippen LogP contribution < -0.4 is 5.32 Å². The minimum Gasteiger partial charge on any atom is -0.335 e. The largest absolute Gasteiger partial charge is 0.335 e. The molecule has 1 aliphatic carbocycles. The molecule has 1 N–H and O–H groups in total. The lowest BCUT2D eigenvalue weighted by Gasteiger charge is -2.27. The molecule has 0 bridgehead atoms. The van der Waals surface area contributed by atoms with Crippen LogP contribution in [-0.4, -0.2) is 35.0 Å². The molecule has 2 rings (SSSR count). The van der Waals surface area contributed by atoms with E-state index in [2.05, 4.69) is 10.3 Å². The van der Waals surface area contributed by atoms with E-state index in [0.29, 0.717) is 6.04 Å². The molecule has 2 amide bonds. The fraction of sp³-hybridized carbons (Fsp3) is 0.625. The van der Waals surface area contributed by atoms with E-state index in [0.717, 1.165) is 32.4 Å². The summed E-state index contributed by atoms with van der Waals surface area (Å²) in [4.78, 5) is 18.2. The highest BCUT2D eigenvalue weighted by atomic mass is 16.2. The van der Waals surface area contributed by atoms with Gasteiger partial charge in [-0.3, -0.25) is 4.98 Å². The Morgan fingerprint density at radius 1 is 1.30 bits per heavy atom. The van der Waals surface area contributed by atoms with Gasteiger partial charge < -0.3 is 10.2 Å². The van der Waals surface area contributed by atoms with Crippen LogP contribution in [0.5, 0.6) is 0 Å². The van der Waals surface area contributed by atoms with E-state index in [4.69, 9.17) is 0 Å². The number of nitrogens with one attached hydrogen (secondary N) is 1. The molecule has 0 saturated heterocycles. The Kier molecular flexibility index (Phi) is 5.84. The predicted molar refractivity (Wildman–Crippen MR) is 80.6 cm³/mol. The van der Waals surface area contributed by atoms with Crippen molar-refractivity contribution in [3.8, 4) is 0 Å². The summed E-state index contributed by atoms with van der Waals surface area (Å²) < 4.78 is 0. The number of likely N-dealkylation sites (N-methyl/N-ethyl adjacent to an activating group) is 1. The second-order valence-corrected chi connectivity index (χ2v) is 5.47. The molecule has 1 fully saturated rings. The Bertz CT molecular complexity index is 401. The zero-order valence-electron chi connectivity index (χ0n) is 12.3. The molecule has 110 valence electrons. The number of hydrogen-bond acceptors (Lipinski definition) is 2. The molecule has 4 nitrogen and oxygen atoms in total. The summed E-state index contributed by atoms with van der Waals surface area (Å²) in [6.45, 7) is 3.55. The molecule has 1 aliphatic rings. The van der Waals surface area contributed by atoms with Crippen molar-refractivity contribution < 1.29 is 4.79 Å². The third-order valence-electron chi connectivity index (χ3n) is 4.02. The van der Waals surface area contributed by atoms with Gasteiger partial charge in [0.2, 0.25) is 0 Å². The summed E-state index contributed by atoms with van der Waals surface area (Å²) >= 11 is 0. The van der Waals surface area contributed by atoms with Gasteiger partial charge in [0.25, 0.3) is 0 Å². The van der Waals surface area contributed by atoms with E-state index >= 15 is 0 Å². The van der Waals surface area contributed by atoms with Gasteiger partial charge in [-0.15, -0.1) is 0 Å². The number of nitrogens with zero attached hydrogens (tertiary/aromatic N) is 2.